The smallest absolute Gasteiger partial charge is 0.295 e. The number of carbonyl (C=O) groups excluding carboxylic acids is 2. The highest BCUT2D eigenvalue weighted by Crippen LogP contribution is 2.40. The maximum atomic E-state index is 12.8. The molecule has 0 aromatic heterocycles. The molecule has 7 heteroatoms. The van der Waals surface area contributed by atoms with E-state index in [9.17, 15) is 19.8 Å². The van der Waals surface area contributed by atoms with Crippen molar-refractivity contribution in [1.29, 1.82) is 0 Å². The van der Waals surface area contributed by atoms with Crippen LogP contribution in [0.3, 0.4) is 0 Å². The third-order valence-corrected chi connectivity index (χ3v) is 4.97. The Hall–Kier alpha value is -3.32. The van der Waals surface area contributed by atoms with E-state index in [2.05, 4.69) is 0 Å². The lowest BCUT2D eigenvalue weighted by Crippen LogP contribution is -2.31. The Kier molecular flexibility index (Phi) is 6.74. The van der Waals surface area contributed by atoms with Crippen LogP contribution >= 0.6 is 0 Å². The SMILES string of the molecule is CCOc1ccc(/C(O)=C2\C(=O)C(=O)N(CCCO)C2c2ccc(OC)cc2)cc1. The molecule has 7 nitrogen and oxygen atoms in total. The number of Topliss-reactive ketones (excluding diaryl/α,β-unsaturated/α-hetero) is 1. The number of aliphatic hydroxyl groups excluding tert-OH is 2. The summed E-state index contributed by atoms with van der Waals surface area (Å²) in [6, 6.07) is 12.9. The van der Waals surface area contributed by atoms with Gasteiger partial charge in [-0.05, 0) is 55.3 Å². The molecular formula is C23H25NO6. The zero-order chi connectivity index (χ0) is 21.7. The van der Waals surface area contributed by atoms with Crippen LogP contribution in [0.25, 0.3) is 5.76 Å². The van der Waals surface area contributed by atoms with Gasteiger partial charge in [0.15, 0.2) is 0 Å². The van der Waals surface area contributed by atoms with Crippen LogP contribution in [-0.4, -0.2) is 53.7 Å². The van der Waals surface area contributed by atoms with Crippen molar-refractivity contribution in [1.82, 2.24) is 4.90 Å². The summed E-state index contributed by atoms with van der Waals surface area (Å²) in [5.74, 6) is -0.415. The molecule has 0 spiro atoms. The van der Waals surface area contributed by atoms with Crippen LogP contribution in [-0.2, 0) is 9.59 Å². The van der Waals surface area contributed by atoms with Gasteiger partial charge in [-0.15, -0.1) is 0 Å². The first-order valence-corrected chi connectivity index (χ1v) is 9.78. The molecule has 0 bridgehead atoms. The van der Waals surface area contributed by atoms with Crippen molar-refractivity contribution in [2.45, 2.75) is 19.4 Å². The third kappa shape index (κ3) is 4.16. The van der Waals surface area contributed by atoms with Crippen LogP contribution in [0.4, 0.5) is 0 Å². The Balaban J connectivity index is 2.08. The highest BCUT2D eigenvalue weighted by Gasteiger charge is 2.45. The topological polar surface area (TPSA) is 96.3 Å². The second-order valence-corrected chi connectivity index (χ2v) is 6.80. The van der Waals surface area contributed by atoms with Crippen LogP contribution in [0.1, 0.15) is 30.5 Å². The number of aliphatic hydroxyl groups is 2. The molecule has 1 aliphatic heterocycles. The van der Waals surface area contributed by atoms with Crippen molar-refractivity contribution in [2.75, 3.05) is 26.9 Å². The van der Waals surface area contributed by atoms with Gasteiger partial charge in [0.1, 0.15) is 17.3 Å². The van der Waals surface area contributed by atoms with Crippen LogP contribution in [0, 0.1) is 0 Å². The van der Waals surface area contributed by atoms with E-state index in [1.165, 1.54) is 4.90 Å². The van der Waals surface area contributed by atoms with Crippen LogP contribution in [0.2, 0.25) is 0 Å². The van der Waals surface area contributed by atoms with Crippen molar-refractivity contribution in [3.05, 3.63) is 65.2 Å². The molecule has 2 aromatic rings. The summed E-state index contributed by atoms with van der Waals surface area (Å²) in [5, 5.41) is 20.2. The molecule has 1 atom stereocenters. The Bertz CT molecular complexity index is 933. The van der Waals surface area contributed by atoms with Gasteiger partial charge < -0.3 is 24.6 Å². The third-order valence-electron chi connectivity index (χ3n) is 4.97. The maximum Gasteiger partial charge on any atom is 0.295 e. The summed E-state index contributed by atoms with van der Waals surface area (Å²) in [4.78, 5) is 26.9. The predicted octanol–water partition coefficient (Wildman–Crippen LogP) is 2.90. The van der Waals surface area contributed by atoms with Gasteiger partial charge in [0.25, 0.3) is 11.7 Å². The number of hydrogen-bond donors (Lipinski definition) is 2. The molecule has 0 aliphatic carbocycles. The molecule has 2 aromatic carbocycles. The lowest BCUT2D eigenvalue weighted by Gasteiger charge is -2.25. The number of hydrogen-bond acceptors (Lipinski definition) is 6. The molecule has 158 valence electrons. The molecule has 2 N–H and O–H groups in total. The average Bonchev–Trinajstić information content (AvgIpc) is 3.02. The minimum absolute atomic E-state index is 0.0206. The van der Waals surface area contributed by atoms with E-state index < -0.39 is 17.7 Å². The molecule has 1 fully saturated rings. The summed E-state index contributed by atoms with van der Waals surface area (Å²) in [6.07, 6.45) is 0.322. The normalized spacial score (nSPS) is 18.0. The van der Waals surface area contributed by atoms with Gasteiger partial charge in [0.05, 0.1) is 25.3 Å². The number of ketones is 1. The minimum atomic E-state index is -0.756. The number of rotatable bonds is 8. The molecule has 1 aliphatic rings. The van der Waals surface area contributed by atoms with Crippen LogP contribution in [0.15, 0.2) is 54.1 Å². The molecule has 1 saturated heterocycles. The highest BCUT2D eigenvalue weighted by molar-refractivity contribution is 6.46. The van der Waals surface area contributed by atoms with Crippen molar-refractivity contribution < 1.29 is 29.3 Å². The number of benzene rings is 2. The second kappa shape index (κ2) is 9.45. The molecule has 3 rings (SSSR count). The van der Waals surface area contributed by atoms with E-state index >= 15 is 0 Å². The van der Waals surface area contributed by atoms with Crippen molar-refractivity contribution >= 4 is 17.4 Å². The van der Waals surface area contributed by atoms with E-state index in [-0.39, 0.29) is 24.5 Å². The van der Waals surface area contributed by atoms with Gasteiger partial charge in [0.2, 0.25) is 0 Å². The molecule has 30 heavy (non-hydrogen) atoms. The molecule has 1 amide bonds. The van der Waals surface area contributed by atoms with Gasteiger partial charge in [-0.2, -0.15) is 0 Å². The van der Waals surface area contributed by atoms with E-state index in [1.807, 2.05) is 6.92 Å². The number of carbonyl (C=O) groups is 2. The quantitative estimate of drug-likeness (QED) is 0.394. The molecule has 1 heterocycles. The Morgan fingerprint density at radius 3 is 2.23 bits per heavy atom. The van der Waals surface area contributed by atoms with E-state index in [0.717, 1.165) is 0 Å². The predicted molar refractivity (Wildman–Crippen MR) is 111 cm³/mol. The van der Waals surface area contributed by atoms with Gasteiger partial charge >= 0.3 is 0 Å². The van der Waals surface area contributed by atoms with Crippen LogP contribution in [0.5, 0.6) is 11.5 Å². The molecule has 0 saturated carbocycles. The first kappa shape index (κ1) is 21.4. The Labute approximate surface area is 175 Å². The highest BCUT2D eigenvalue weighted by atomic mass is 16.5. The fourth-order valence-electron chi connectivity index (χ4n) is 3.52. The average molecular weight is 411 g/mol. The fraction of sp³-hybridized carbons (Fsp3) is 0.304. The van der Waals surface area contributed by atoms with Crippen molar-refractivity contribution in [2.24, 2.45) is 0 Å². The number of amides is 1. The minimum Gasteiger partial charge on any atom is -0.507 e. The number of methoxy groups -OCH3 is 1. The fourth-order valence-corrected chi connectivity index (χ4v) is 3.52. The zero-order valence-electron chi connectivity index (χ0n) is 17.0. The molecule has 0 radical (unpaired) electrons. The van der Waals surface area contributed by atoms with Gasteiger partial charge in [0, 0.05) is 18.7 Å². The summed E-state index contributed by atoms with van der Waals surface area (Å²) >= 11 is 0. The van der Waals surface area contributed by atoms with Crippen molar-refractivity contribution in [3.63, 3.8) is 0 Å². The lowest BCUT2D eigenvalue weighted by atomic mass is 9.95. The van der Waals surface area contributed by atoms with Gasteiger partial charge in [-0.1, -0.05) is 12.1 Å². The monoisotopic (exact) mass is 411 g/mol. The van der Waals surface area contributed by atoms with E-state index in [4.69, 9.17) is 9.47 Å². The largest absolute Gasteiger partial charge is 0.507 e. The Morgan fingerprint density at radius 1 is 1.03 bits per heavy atom. The van der Waals surface area contributed by atoms with Crippen LogP contribution < -0.4 is 9.47 Å². The Morgan fingerprint density at radius 2 is 1.67 bits per heavy atom. The van der Waals surface area contributed by atoms with Gasteiger partial charge in [-0.3, -0.25) is 9.59 Å². The summed E-state index contributed by atoms with van der Waals surface area (Å²) in [5.41, 5.74) is 1.10. The number of ether oxygens (including phenoxy) is 2. The zero-order valence-corrected chi connectivity index (χ0v) is 17.0. The van der Waals surface area contributed by atoms with E-state index in [0.29, 0.717) is 35.7 Å². The second-order valence-electron chi connectivity index (χ2n) is 6.80. The summed E-state index contributed by atoms with van der Waals surface area (Å²) in [6.45, 7) is 2.46. The van der Waals surface area contributed by atoms with Gasteiger partial charge in [-0.25, -0.2) is 0 Å². The summed E-state index contributed by atoms with van der Waals surface area (Å²) < 4.78 is 10.6. The lowest BCUT2D eigenvalue weighted by molar-refractivity contribution is -0.140. The first-order chi connectivity index (χ1) is 14.5. The first-order valence-electron chi connectivity index (χ1n) is 9.78. The van der Waals surface area contributed by atoms with Crippen molar-refractivity contribution in [3.8, 4) is 11.5 Å². The van der Waals surface area contributed by atoms with E-state index in [1.54, 1.807) is 55.6 Å². The summed E-state index contributed by atoms with van der Waals surface area (Å²) in [7, 11) is 1.55. The molecule has 1 unspecified atom stereocenters. The molecular weight excluding hydrogens is 386 g/mol. The standard InChI is InChI=1S/C23H25NO6/c1-3-30-18-11-7-16(8-12-18)21(26)19-20(15-5-9-17(29-2)10-6-15)24(13-4-14-25)23(28)22(19)27/h5-12,20,25-26H,3-4,13-14H2,1-2H3/b21-19+. The number of likely N-dealkylation sites (tertiary alicyclic amines) is 1. The maximum absolute atomic E-state index is 12.8. The number of nitrogens with zero attached hydrogens (tertiary/aromatic N) is 1.